The zero-order chi connectivity index (χ0) is 12.4. The molecule has 0 aliphatic carbocycles. The van der Waals surface area contributed by atoms with Crippen LogP contribution in [0.15, 0.2) is 47.4 Å². The van der Waals surface area contributed by atoms with Gasteiger partial charge >= 0.3 is 0 Å². The molecule has 1 N–H and O–H groups in total. The van der Waals surface area contributed by atoms with E-state index in [1.807, 2.05) is 0 Å². The second-order valence-electron chi connectivity index (χ2n) is 3.40. The quantitative estimate of drug-likeness (QED) is 0.845. The van der Waals surface area contributed by atoms with Crippen LogP contribution in [0.4, 0.5) is 4.39 Å². The van der Waals surface area contributed by atoms with Crippen LogP contribution in [0.5, 0.6) is 0 Å². The van der Waals surface area contributed by atoms with Crippen molar-refractivity contribution in [2.24, 2.45) is 0 Å². The van der Waals surface area contributed by atoms with Gasteiger partial charge in [0.1, 0.15) is 5.82 Å². The molecule has 0 heterocycles. The molecule has 0 spiro atoms. The maximum absolute atomic E-state index is 12.8. The topological polar surface area (TPSA) is 37.3 Å². The van der Waals surface area contributed by atoms with Crippen LogP contribution in [0.3, 0.4) is 0 Å². The molecular weight excluding hydrogens is 263 g/mol. The van der Waals surface area contributed by atoms with E-state index in [4.69, 9.17) is 16.2 Å². The second kappa shape index (κ2) is 4.96. The van der Waals surface area contributed by atoms with Crippen LogP contribution in [0, 0.1) is 5.82 Å². The number of hydrogen-bond acceptors (Lipinski definition) is 1. The number of hydrogen-bond donors (Lipinski definition) is 1. The Morgan fingerprint density at radius 2 is 1.76 bits per heavy atom. The van der Waals surface area contributed by atoms with Gasteiger partial charge in [-0.2, -0.15) is 0 Å². The van der Waals surface area contributed by atoms with E-state index in [0.29, 0.717) is 16.1 Å². The van der Waals surface area contributed by atoms with Crippen LogP contribution < -0.4 is 0 Å². The minimum Gasteiger partial charge on any atom is -0.302 e. The third kappa shape index (κ3) is 2.72. The normalized spacial score (nSPS) is 12.4. The van der Waals surface area contributed by atoms with E-state index in [0.717, 1.165) is 0 Å². The largest absolute Gasteiger partial charge is 0.302 e. The van der Waals surface area contributed by atoms with Crippen molar-refractivity contribution < 1.29 is 13.2 Å². The van der Waals surface area contributed by atoms with E-state index in [1.54, 1.807) is 6.07 Å². The van der Waals surface area contributed by atoms with Gasteiger partial charge in [-0.3, -0.25) is 0 Å². The van der Waals surface area contributed by atoms with Gasteiger partial charge in [0.25, 0.3) is 0 Å². The molecule has 2 aromatic rings. The fourth-order valence-electron chi connectivity index (χ4n) is 1.51. The highest BCUT2D eigenvalue weighted by Gasteiger charge is 2.10. The van der Waals surface area contributed by atoms with Crippen molar-refractivity contribution in [1.82, 2.24) is 0 Å². The molecule has 1 atom stereocenters. The average molecular weight is 271 g/mol. The molecule has 1 unspecified atom stereocenters. The van der Waals surface area contributed by atoms with E-state index in [-0.39, 0.29) is 10.7 Å². The van der Waals surface area contributed by atoms with Crippen molar-refractivity contribution in [1.29, 1.82) is 0 Å². The number of benzene rings is 2. The Labute approximate surface area is 105 Å². The van der Waals surface area contributed by atoms with Crippen molar-refractivity contribution in [2.75, 3.05) is 0 Å². The summed E-state index contributed by atoms with van der Waals surface area (Å²) >= 11 is 3.74. The molecule has 0 saturated heterocycles. The molecule has 0 bridgehead atoms. The summed E-state index contributed by atoms with van der Waals surface area (Å²) in [5, 5.41) is 0.457. The monoisotopic (exact) mass is 270 g/mol. The van der Waals surface area contributed by atoms with E-state index in [1.165, 1.54) is 36.4 Å². The van der Waals surface area contributed by atoms with Crippen molar-refractivity contribution in [3.05, 3.63) is 53.3 Å². The Bertz CT molecular complexity index is 569. The minimum atomic E-state index is -2.11. The molecule has 0 radical (unpaired) electrons. The third-order valence-electron chi connectivity index (χ3n) is 2.28. The van der Waals surface area contributed by atoms with E-state index in [2.05, 4.69) is 0 Å². The van der Waals surface area contributed by atoms with Crippen molar-refractivity contribution in [2.45, 2.75) is 4.90 Å². The predicted octanol–water partition coefficient (Wildman–Crippen LogP) is 3.73. The van der Waals surface area contributed by atoms with Crippen LogP contribution in [0.2, 0.25) is 5.02 Å². The summed E-state index contributed by atoms with van der Waals surface area (Å²) in [7, 11) is 0. The standard InChI is InChI=1S/C12H8ClFO2S/c13-9-3-6-12(17(15)16)11(7-9)8-1-4-10(14)5-2-8/h1-7H,(H,15,16). The van der Waals surface area contributed by atoms with Crippen LogP contribution in [0.25, 0.3) is 11.1 Å². The average Bonchev–Trinajstić information content (AvgIpc) is 2.29. The fraction of sp³-hybridized carbons (Fsp3) is 0. The summed E-state index contributed by atoms with van der Waals surface area (Å²) in [4.78, 5) is 0.251. The Kier molecular flexibility index (Phi) is 3.57. The molecule has 0 aliphatic rings. The minimum absolute atomic E-state index is 0.251. The van der Waals surface area contributed by atoms with Crippen LogP contribution in [-0.2, 0) is 11.1 Å². The van der Waals surface area contributed by atoms with Gasteiger partial charge in [0.15, 0.2) is 11.1 Å². The number of halogens is 2. The van der Waals surface area contributed by atoms with Gasteiger partial charge in [-0.15, -0.1) is 0 Å². The first-order valence-corrected chi connectivity index (χ1v) is 6.23. The van der Waals surface area contributed by atoms with E-state index in [9.17, 15) is 8.60 Å². The summed E-state index contributed by atoms with van der Waals surface area (Å²) in [6, 6.07) is 10.3. The van der Waals surface area contributed by atoms with Gasteiger partial charge in [0, 0.05) is 10.6 Å². The van der Waals surface area contributed by atoms with Gasteiger partial charge in [0.2, 0.25) is 0 Å². The molecule has 2 aromatic carbocycles. The lowest BCUT2D eigenvalue weighted by Gasteiger charge is -2.07. The second-order valence-corrected chi connectivity index (χ2v) is 4.77. The maximum atomic E-state index is 12.8. The number of rotatable bonds is 2. The highest BCUT2D eigenvalue weighted by molar-refractivity contribution is 7.79. The van der Waals surface area contributed by atoms with Crippen LogP contribution >= 0.6 is 11.6 Å². The van der Waals surface area contributed by atoms with Gasteiger partial charge in [-0.25, -0.2) is 8.60 Å². The Hall–Kier alpha value is -1.23. The van der Waals surface area contributed by atoms with Crippen molar-refractivity contribution in [3.8, 4) is 11.1 Å². The van der Waals surface area contributed by atoms with E-state index < -0.39 is 11.1 Å². The lowest BCUT2D eigenvalue weighted by Crippen LogP contribution is -1.93. The molecule has 0 aliphatic heterocycles. The highest BCUT2D eigenvalue weighted by Crippen LogP contribution is 2.28. The first-order valence-electron chi connectivity index (χ1n) is 4.74. The Morgan fingerprint density at radius 3 is 2.35 bits per heavy atom. The SMILES string of the molecule is O=S(O)c1ccc(Cl)cc1-c1ccc(F)cc1. The summed E-state index contributed by atoms with van der Waals surface area (Å²) in [6.45, 7) is 0. The summed E-state index contributed by atoms with van der Waals surface area (Å²) in [5.41, 5.74) is 1.17. The van der Waals surface area contributed by atoms with Crippen molar-refractivity contribution in [3.63, 3.8) is 0 Å². The zero-order valence-corrected chi connectivity index (χ0v) is 10.1. The summed E-state index contributed by atoms with van der Waals surface area (Å²) in [6.07, 6.45) is 0. The van der Waals surface area contributed by atoms with Crippen molar-refractivity contribution >= 4 is 22.7 Å². The van der Waals surface area contributed by atoms with Gasteiger partial charge in [-0.1, -0.05) is 23.7 Å². The fourth-order valence-corrected chi connectivity index (χ4v) is 2.23. The predicted molar refractivity (Wildman–Crippen MR) is 65.9 cm³/mol. The summed E-state index contributed by atoms with van der Waals surface area (Å²) < 4.78 is 33.1. The molecule has 0 saturated carbocycles. The molecule has 5 heteroatoms. The smallest absolute Gasteiger partial charge is 0.187 e. The highest BCUT2D eigenvalue weighted by atomic mass is 35.5. The lowest BCUT2D eigenvalue weighted by atomic mass is 10.1. The van der Waals surface area contributed by atoms with Gasteiger partial charge in [0.05, 0.1) is 4.90 Å². The maximum Gasteiger partial charge on any atom is 0.187 e. The Balaban J connectivity index is 2.60. The van der Waals surface area contributed by atoms with Gasteiger partial charge in [-0.05, 0) is 35.9 Å². The molecule has 0 amide bonds. The molecule has 0 fully saturated rings. The molecule has 0 aromatic heterocycles. The van der Waals surface area contributed by atoms with Crippen LogP contribution in [0.1, 0.15) is 0 Å². The zero-order valence-electron chi connectivity index (χ0n) is 8.56. The Morgan fingerprint density at radius 1 is 1.12 bits per heavy atom. The molecular formula is C12H8ClFO2S. The first kappa shape index (κ1) is 12.2. The molecule has 17 heavy (non-hydrogen) atoms. The third-order valence-corrected chi connectivity index (χ3v) is 3.25. The molecule has 88 valence electrons. The lowest BCUT2D eigenvalue weighted by molar-refractivity contribution is 0.564. The van der Waals surface area contributed by atoms with E-state index >= 15 is 0 Å². The van der Waals surface area contributed by atoms with Crippen LogP contribution in [-0.4, -0.2) is 8.76 Å². The van der Waals surface area contributed by atoms with Gasteiger partial charge < -0.3 is 4.55 Å². The molecule has 2 nitrogen and oxygen atoms in total. The molecule has 2 rings (SSSR count). The first-order chi connectivity index (χ1) is 8.08. The summed E-state index contributed by atoms with van der Waals surface area (Å²) in [5.74, 6) is -0.359.